The molecule has 2 unspecified atom stereocenters. The minimum atomic E-state index is -0.914. The Kier molecular flexibility index (Phi) is 5.13. The number of allylic oxidation sites excluding steroid dienone is 4. The molecule has 0 spiro atoms. The molecular weight excluding hydrogens is 394 g/mol. The van der Waals surface area contributed by atoms with Crippen LogP contribution < -0.4 is 4.90 Å². The summed E-state index contributed by atoms with van der Waals surface area (Å²) in [6, 6.07) is 8.97. The third-order valence-corrected chi connectivity index (χ3v) is 9.03. The topological polar surface area (TPSA) is 40.5 Å². The van der Waals surface area contributed by atoms with Gasteiger partial charge in [-0.2, -0.15) is 0 Å². The van der Waals surface area contributed by atoms with Gasteiger partial charge in [0.05, 0.1) is 0 Å². The Morgan fingerprint density at radius 1 is 1.09 bits per heavy atom. The number of ketones is 1. The molecule has 3 nitrogen and oxygen atoms in total. The Hall–Kier alpha value is -2.31. The highest BCUT2D eigenvalue weighted by molar-refractivity contribution is 5.93. The smallest absolute Gasteiger partial charge is 0.156 e. The molecule has 0 amide bonds. The summed E-state index contributed by atoms with van der Waals surface area (Å²) in [5.41, 5.74) is 5.71. The van der Waals surface area contributed by atoms with E-state index in [1.54, 1.807) is 5.57 Å². The van der Waals surface area contributed by atoms with Crippen molar-refractivity contribution in [3.63, 3.8) is 0 Å². The molecule has 1 N–H and O–H groups in total. The van der Waals surface area contributed by atoms with Crippen molar-refractivity contribution in [2.75, 3.05) is 19.0 Å². The minimum absolute atomic E-state index is 0.221. The minimum Gasteiger partial charge on any atom is -0.378 e. The maximum absolute atomic E-state index is 12.2. The number of aliphatic hydroxyl groups is 1. The fraction of sp³-hybridized carbons (Fsp3) is 0.552. The Balaban J connectivity index is 1.67. The van der Waals surface area contributed by atoms with Crippen molar-refractivity contribution in [2.24, 2.45) is 17.3 Å². The number of fused-ring (bicyclic) bond motifs is 4. The molecule has 0 aromatic heterocycles. The molecule has 0 bridgehead atoms. The maximum Gasteiger partial charge on any atom is 0.156 e. The second-order valence-electron chi connectivity index (χ2n) is 10.8. The Morgan fingerprint density at radius 3 is 2.53 bits per heavy atom. The Bertz CT molecular complexity index is 1070. The van der Waals surface area contributed by atoms with E-state index in [9.17, 15) is 9.90 Å². The van der Waals surface area contributed by atoms with Gasteiger partial charge < -0.3 is 10.0 Å². The van der Waals surface area contributed by atoms with Crippen molar-refractivity contribution in [2.45, 2.75) is 70.3 Å². The van der Waals surface area contributed by atoms with E-state index in [1.165, 1.54) is 22.4 Å². The van der Waals surface area contributed by atoms with Gasteiger partial charge in [0.15, 0.2) is 5.78 Å². The van der Waals surface area contributed by atoms with Gasteiger partial charge in [-0.05, 0) is 92.2 Å². The predicted molar refractivity (Wildman–Crippen MR) is 129 cm³/mol. The van der Waals surface area contributed by atoms with Gasteiger partial charge in [-0.15, -0.1) is 5.92 Å². The van der Waals surface area contributed by atoms with Crippen LogP contribution in [0.5, 0.6) is 0 Å². The van der Waals surface area contributed by atoms with E-state index in [0.717, 1.165) is 38.5 Å². The lowest BCUT2D eigenvalue weighted by Crippen LogP contribution is -2.51. The molecule has 168 valence electrons. The van der Waals surface area contributed by atoms with Gasteiger partial charge >= 0.3 is 0 Å². The van der Waals surface area contributed by atoms with Crippen LogP contribution >= 0.6 is 0 Å². The molecule has 1 aromatic rings. The number of anilines is 1. The molecule has 1 aromatic carbocycles. The lowest BCUT2D eigenvalue weighted by molar-refractivity contribution is -0.114. The molecule has 5 atom stereocenters. The van der Waals surface area contributed by atoms with Crippen LogP contribution in [0, 0.1) is 29.1 Å². The monoisotopic (exact) mass is 429 g/mol. The van der Waals surface area contributed by atoms with Gasteiger partial charge in [-0.3, -0.25) is 4.79 Å². The fourth-order valence-corrected chi connectivity index (χ4v) is 7.38. The first-order valence-corrected chi connectivity index (χ1v) is 12.2. The van der Waals surface area contributed by atoms with Gasteiger partial charge in [0.25, 0.3) is 0 Å². The second-order valence-corrected chi connectivity index (χ2v) is 10.8. The summed E-state index contributed by atoms with van der Waals surface area (Å²) in [7, 11) is 4.14. The van der Waals surface area contributed by atoms with E-state index < -0.39 is 5.60 Å². The highest BCUT2D eigenvalue weighted by Crippen LogP contribution is 2.66. The average Bonchev–Trinajstić information content (AvgIpc) is 3.03. The summed E-state index contributed by atoms with van der Waals surface area (Å²) in [5.74, 6) is 7.76. The summed E-state index contributed by atoms with van der Waals surface area (Å²) < 4.78 is 0. The predicted octanol–water partition coefficient (Wildman–Crippen LogP) is 5.41. The van der Waals surface area contributed by atoms with E-state index in [1.807, 2.05) is 13.0 Å². The van der Waals surface area contributed by atoms with Gasteiger partial charge in [-0.25, -0.2) is 0 Å². The number of rotatable bonds is 2. The first-order valence-electron chi connectivity index (χ1n) is 12.2. The summed E-state index contributed by atoms with van der Waals surface area (Å²) >= 11 is 0. The molecule has 5 rings (SSSR count). The fourth-order valence-electron chi connectivity index (χ4n) is 7.38. The molecule has 2 fully saturated rings. The first kappa shape index (κ1) is 21.5. The van der Waals surface area contributed by atoms with Crippen LogP contribution in [0.2, 0.25) is 0 Å². The quantitative estimate of drug-likeness (QED) is 0.640. The van der Waals surface area contributed by atoms with Crippen molar-refractivity contribution in [1.29, 1.82) is 0 Å². The van der Waals surface area contributed by atoms with Crippen molar-refractivity contribution in [3.8, 4) is 11.8 Å². The second kappa shape index (κ2) is 7.63. The molecule has 4 aliphatic rings. The summed E-state index contributed by atoms with van der Waals surface area (Å²) in [5, 5.41) is 11.7. The standard InChI is InChI=1S/C29H35NO2/c1-5-15-29(32)16-14-26-24-12-8-20-17-22(31)11-13-23(20)27(24)25(18-28(26,29)2)19-6-9-21(10-7-19)30(3)4/h6-7,9-10,17,24-26,32H,8,11-14,16,18H2,1-4H3/t24-,25+,26?,28-,29?/m0/s1. The van der Waals surface area contributed by atoms with Gasteiger partial charge in [0.2, 0.25) is 0 Å². The zero-order valence-electron chi connectivity index (χ0n) is 19.9. The van der Waals surface area contributed by atoms with E-state index in [0.29, 0.717) is 18.3 Å². The van der Waals surface area contributed by atoms with Crippen LogP contribution in [0.4, 0.5) is 5.69 Å². The zero-order chi connectivity index (χ0) is 22.7. The van der Waals surface area contributed by atoms with Crippen LogP contribution in [0.15, 0.2) is 47.1 Å². The summed E-state index contributed by atoms with van der Waals surface area (Å²) in [4.78, 5) is 14.3. The van der Waals surface area contributed by atoms with E-state index >= 15 is 0 Å². The Labute approximate surface area is 192 Å². The zero-order valence-corrected chi connectivity index (χ0v) is 19.9. The largest absolute Gasteiger partial charge is 0.378 e. The van der Waals surface area contributed by atoms with Gasteiger partial charge in [-0.1, -0.05) is 30.6 Å². The van der Waals surface area contributed by atoms with Crippen LogP contribution in [-0.4, -0.2) is 30.6 Å². The molecule has 3 heteroatoms. The van der Waals surface area contributed by atoms with Crippen LogP contribution in [0.3, 0.4) is 0 Å². The molecule has 0 saturated heterocycles. The van der Waals surface area contributed by atoms with E-state index in [4.69, 9.17) is 0 Å². The van der Waals surface area contributed by atoms with Crippen molar-refractivity contribution in [3.05, 3.63) is 52.6 Å². The highest BCUT2D eigenvalue weighted by Gasteiger charge is 2.62. The molecule has 4 aliphatic carbocycles. The third-order valence-electron chi connectivity index (χ3n) is 9.03. The van der Waals surface area contributed by atoms with Crippen molar-refractivity contribution in [1.82, 2.24) is 0 Å². The van der Waals surface area contributed by atoms with Crippen LogP contribution in [-0.2, 0) is 4.79 Å². The molecule has 0 heterocycles. The molecule has 0 aliphatic heterocycles. The summed E-state index contributed by atoms with van der Waals surface area (Å²) in [6.45, 7) is 4.15. The number of hydrogen-bond donors (Lipinski definition) is 1. The maximum atomic E-state index is 12.2. The van der Waals surface area contributed by atoms with Crippen LogP contribution in [0.25, 0.3) is 0 Å². The molecular formula is C29H35NO2. The number of benzene rings is 1. The third kappa shape index (κ3) is 3.11. The number of carbonyl (C=O) groups is 1. The van der Waals surface area contributed by atoms with Crippen LogP contribution in [0.1, 0.15) is 70.3 Å². The molecule has 2 saturated carbocycles. The van der Waals surface area contributed by atoms with E-state index in [2.05, 4.69) is 62.0 Å². The van der Waals surface area contributed by atoms with Gasteiger partial charge in [0, 0.05) is 37.5 Å². The Morgan fingerprint density at radius 2 is 1.84 bits per heavy atom. The average molecular weight is 430 g/mol. The lowest BCUT2D eigenvalue weighted by atomic mass is 9.51. The molecule has 0 radical (unpaired) electrons. The number of nitrogens with zero attached hydrogens (tertiary/aromatic N) is 1. The summed E-state index contributed by atoms with van der Waals surface area (Å²) in [6.07, 6.45) is 8.23. The normalized spacial score (nSPS) is 35.8. The number of hydrogen-bond acceptors (Lipinski definition) is 3. The lowest BCUT2D eigenvalue weighted by Gasteiger charge is -2.53. The number of carbonyl (C=O) groups excluding carboxylic acids is 1. The van der Waals surface area contributed by atoms with E-state index in [-0.39, 0.29) is 17.1 Å². The SMILES string of the molecule is CC#CC1(O)CCC2[C@@H]3CCC4=CC(=O)CCC4=C3[C@@H](c3ccc(N(C)C)cc3)C[C@@]21C. The van der Waals surface area contributed by atoms with Gasteiger partial charge in [0.1, 0.15) is 5.60 Å². The highest BCUT2D eigenvalue weighted by atomic mass is 16.3. The molecule has 32 heavy (non-hydrogen) atoms. The van der Waals surface area contributed by atoms with Crippen molar-refractivity contribution >= 4 is 11.5 Å². The van der Waals surface area contributed by atoms with Crippen molar-refractivity contribution < 1.29 is 9.90 Å². The first-order chi connectivity index (χ1) is 15.3.